The van der Waals surface area contributed by atoms with Gasteiger partial charge in [0.1, 0.15) is 0 Å². The molecule has 1 aliphatic rings. The minimum atomic E-state index is 0.108. The molecule has 0 saturated heterocycles. The Morgan fingerprint density at radius 1 is 1.30 bits per heavy atom. The summed E-state index contributed by atoms with van der Waals surface area (Å²) in [4.78, 5) is 0. The van der Waals surface area contributed by atoms with Crippen molar-refractivity contribution in [3.63, 3.8) is 0 Å². The van der Waals surface area contributed by atoms with E-state index in [1.54, 1.807) is 0 Å². The first-order chi connectivity index (χ1) is 9.51. The van der Waals surface area contributed by atoms with E-state index in [0.717, 1.165) is 25.2 Å². The SMILES string of the molecule is CC(C)(C)NCc1cn(CC2Cc3ccccc32)nn1. The molecule has 0 saturated carbocycles. The second-order valence-electron chi connectivity index (χ2n) is 6.64. The van der Waals surface area contributed by atoms with Gasteiger partial charge in [-0.3, -0.25) is 4.68 Å². The van der Waals surface area contributed by atoms with Crippen LogP contribution in [0.3, 0.4) is 0 Å². The molecule has 0 bridgehead atoms. The third kappa shape index (κ3) is 2.90. The van der Waals surface area contributed by atoms with E-state index in [2.05, 4.69) is 66.9 Å². The van der Waals surface area contributed by atoms with Crippen molar-refractivity contribution in [3.05, 3.63) is 47.3 Å². The largest absolute Gasteiger partial charge is 0.306 e. The van der Waals surface area contributed by atoms with E-state index in [0.29, 0.717) is 5.92 Å². The first-order valence-electron chi connectivity index (χ1n) is 7.23. The predicted molar refractivity (Wildman–Crippen MR) is 79.5 cm³/mol. The molecule has 2 aromatic rings. The van der Waals surface area contributed by atoms with Crippen molar-refractivity contribution >= 4 is 0 Å². The van der Waals surface area contributed by atoms with E-state index in [9.17, 15) is 0 Å². The van der Waals surface area contributed by atoms with E-state index in [1.807, 2.05) is 4.68 Å². The molecule has 106 valence electrons. The molecule has 1 aromatic carbocycles. The Balaban J connectivity index is 1.59. The van der Waals surface area contributed by atoms with Gasteiger partial charge in [0.25, 0.3) is 0 Å². The van der Waals surface area contributed by atoms with Gasteiger partial charge in [-0.1, -0.05) is 29.5 Å². The predicted octanol–water partition coefficient (Wildman–Crippen LogP) is 2.51. The quantitative estimate of drug-likeness (QED) is 0.928. The maximum absolute atomic E-state index is 4.24. The number of aromatic nitrogens is 3. The second-order valence-corrected chi connectivity index (χ2v) is 6.64. The summed E-state index contributed by atoms with van der Waals surface area (Å²) in [7, 11) is 0. The maximum atomic E-state index is 4.24. The molecule has 1 atom stereocenters. The van der Waals surface area contributed by atoms with Gasteiger partial charge in [-0.25, -0.2) is 0 Å². The van der Waals surface area contributed by atoms with Crippen LogP contribution >= 0.6 is 0 Å². The van der Waals surface area contributed by atoms with E-state index < -0.39 is 0 Å². The summed E-state index contributed by atoms with van der Waals surface area (Å²) >= 11 is 0. The van der Waals surface area contributed by atoms with E-state index in [-0.39, 0.29) is 5.54 Å². The van der Waals surface area contributed by atoms with Gasteiger partial charge in [-0.05, 0) is 38.3 Å². The lowest BCUT2D eigenvalue weighted by atomic mass is 9.78. The highest BCUT2D eigenvalue weighted by Gasteiger charge is 2.25. The van der Waals surface area contributed by atoms with Gasteiger partial charge < -0.3 is 5.32 Å². The van der Waals surface area contributed by atoms with Gasteiger partial charge in [-0.2, -0.15) is 0 Å². The maximum Gasteiger partial charge on any atom is 0.0965 e. The lowest BCUT2D eigenvalue weighted by molar-refractivity contribution is 0.421. The molecule has 1 N–H and O–H groups in total. The highest BCUT2D eigenvalue weighted by molar-refractivity contribution is 5.39. The zero-order valence-electron chi connectivity index (χ0n) is 12.4. The van der Waals surface area contributed by atoms with Crippen LogP contribution in [0.25, 0.3) is 0 Å². The van der Waals surface area contributed by atoms with Crippen LogP contribution < -0.4 is 5.32 Å². The fourth-order valence-electron chi connectivity index (χ4n) is 2.62. The lowest BCUT2D eigenvalue weighted by Gasteiger charge is -2.29. The van der Waals surface area contributed by atoms with Crippen molar-refractivity contribution in [2.75, 3.05) is 0 Å². The molecule has 4 heteroatoms. The normalized spacial score (nSPS) is 17.6. The average molecular weight is 270 g/mol. The zero-order chi connectivity index (χ0) is 14.2. The van der Waals surface area contributed by atoms with Crippen LogP contribution in [0, 0.1) is 0 Å². The molecule has 1 unspecified atom stereocenters. The number of nitrogens with one attached hydrogen (secondary N) is 1. The Labute approximate surface area is 120 Å². The summed E-state index contributed by atoms with van der Waals surface area (Å²) in [5.41, 5.74) is 4.06. The number of hydrogen-bond donors (Lipinski definition) is 1. The first-order valence-corrected chi connectivity index (χ1v) is 7.23. The molecular weight excluding hydrogens is 248 g/mol. The second kappa shape index (κ2) is 5.02. The zero-order valence-corrected chi connectivity index (χ0v) is 12.4. The molecule has 4 nitrogen and oxygen atoms in total. The molecule has 0 spiro atoms. The van der Waals surface area contributed by atoms with Gasteiger partial charge in [-0.15, -0.1) is 5.10 Å². The highest BCUT2D eigenvalue weighted by Crippen LogP contribution is 2.35. The molecule has 1 aromatic heterocycles. The molecule has 0 fully saturated rings. The van der Waals surface area contributed by atoms with Crippen molar-refractivity contribution in [2.45, 2.75) is 51.7 Å². The van der Waals surface area contributed by atoms with Crippen molar-refractivity contribution in [3.8, 4) is 0 Å². The van der Waals surface area contributed by atoms with E-state index >= 15 is 0 Å². The minimum absolute atomic E-state index is 0.108. The Morgan fingerprint density at radius 2 is 2.10 bits per heavy atom. The van der Waals surface area contributed by atoms with Crippen LogP contribution in [0.4, 0.5) is 0 Å². The summed E-state index contributed by atoms with van der Waals surface area (Å²) in [6.07, 6.45) is 3.21. The smallest absolute Gasteiger partial charge is 0.0965 e. The van der Waals surface area contributed by atoms with Gasteiger partial charge in [0.2, 0.25) is 0 Å². The van der Waals surface area contributed by atoms with Gasteiger partial charge in [0, 0.05) is 30.7 Å². The summed E-state index contributed by atoms with van der Waals surface area (Å²) in [6, 6.07) is 8.67. The summed E-state index contributed by atoms with van der Waals surface area (Å²) in [6.45, 7) is 8.17. The Kier molecular flexibility index (Phi) is 3.34. The van der Waals surface area contributed by atoms with Crippen molar-refractivity contribution in [1.29, 1.82) is 0 Å². The molecule has 1 heterocycles. The Morgan fingerprint density at radius 3 is 2.85 bits per heavy atom. The summed E-state index contributed by atoms with van der Waals surface area (Å²) in [5.74, 6) is 0.594. The Hall–Kier alpha value is -1.68. The van der Waals surface area contributed by atoms with Gasteiger partial charge in [0.15, 0.2) is 0 Å². The molecule has 3 rings (SSSR count). The average Bonchev–Trinajstić information content (AvgIpc) is 2.81. The summed E-state index contributed by atoms with van der Waals surface area (Å²) < 4.78 is 1.97. The topological polar surface area (TPSA) is 42.7 Å². The fraction of sp³-hybridized carbons (Fsp3) is 0.500. The van der Waals surface area contributed by atoms with Crippen LogP contribution in [0.1, 0.15) is 43.5 Å². The standard InChI is InChI=1S/C16H22N4/c1-16(2,3)17-9-14-11-20(19-18-14)10-13-8-12-6-4-5-7-15(12)13/h4-7,11,13,17H,8-10H2,1-3H3. The minimum Gasteiger partial charge on any atom is -0.306 e. The fourth-order valence-corrected chi connectivity index (χ4v) is 2.62. The van der Waals surface area contributed by atoms with Crippen LogP contribution in [0.15, 0.2) is 30.5 Å². The van der Waals surface area contributed by atoms with Crippen LogP contribution in [-0.4, -0.2) is 20.5 Å². The van der Waals surface area contributed by atoms with E-state index in [1.165, 1.54) is 11.1 Å². The molecule has 0 amide bonds. The lowest BCUT2D eigenvalue weighted by Crippen LogP contribution is -2.35. The van der Waals surface area contributed by atoms with Gasteiger partial charge >= 0.3 is 0 Å². The molecule has 0 aliphatic heterocycles. The van der Waals surface area contributed by atoms with Gasteiger partial charge in [0.05, 0.1) is 5.69 Å². The van der Waals surface area contributed by atoms with Crippen molar-refractivity contribution in [1.82, 2.24) is 20.3 Å². The molecule has 1 aliphatic carbocycles. The number of fused-ring (bicyclic) bond motifs is 1. The number of hydrogen-bond acceptors (Lipinski definition) is 3. The molecule has 0 radical (unpaired) electrons. The number of benzene rings is 1. The number of nitrogens with zero attached hydrogens (tertiary/aromatic N) is 3. The first kappa shape index (κ1) is 13.3. The van der Waals surface area contributed by atoms with Crippen molar-refractivity contribution < 1.29 is 0 Å². The van der Waals surface area contributed by atoms with Crippen molar-refractivity contribution in [2.24, 2.45) is 0 Å². The van der Waals surface area contributed by atoms with E-state index in [4.69, 9.17) is 0 Å². The van der Waals surface area contributed by atoms with Crippen LogP contribution in [0.2, 0.25) is 0 Å². The third-order valence-corrected chi connectivity index (χ3v) is 3.75. The highest BCUT2D eigenvalue weighted by atomic mass is 15.4. The van der Waals surface area contributed by atoms with Crippen LogP contribution in [-0.2, 0) is 19.5 Å². The molecular formula is C16H22N4. The van der Waals surface area contributed by atoms with Crippen LogP contribution in [0.5, 0.6) is 0 Å². The summed E-state index contributed by atoms with van der Waals surface area (Å²) in [5, 5.41) is 11.9. The third-order valence-electron chi connectivity index (χ3n) is 3.75. The monoisotopic (exact) mass is 270 g/mol. The Bertz CT molecular complexity index is 595. The number of rotatable bonds is 4. The molecule has 20 heavy (non-hydrogen) atoms.